The molecule has 1 aliphatic heterocycles. The van der Waals surface area contributed by atoms with Gasteiger partial charge in [0.1, 0.15) is 18.1 Å². The molecule has 10 heteroatoms. The smallest absolute Gasteiger partial charge is 0.269 e. The van der Waals surface area contributed by atoms with Crippen LogP contribution in [-0.4, -0.2) is 32.7 Å². The molecule has 0 saturated heterocycles. The van der Waals surface area contributed by atoms with Crippen LogP contribution in [0.2, 0.25) is 0 Å². The molecule has 0 fully saturated rings. The van der Waals surface area contributed by atoms with Crippen molar-refractivity contribution in [3.05, 3.63) is 81.8 Å². The van der Waals surface area contributed by atoms with Crippen LogP contribution in [0.1, 0.15) is 18.5 Å². The Labute approximate surface area is 171 Å². The summed E-state index contributed by atoms with van der Waals surface area (Å²) < 4.78 is 6.72. The molecule has 30 heavy (non-hydrogen) atoms. The first kappa shape index (κ1) is 19.1. The zero-order valence-electron chi connectivity index (χ0n) is 16.2. The molecule has 0 saturated carbocycles. The second kappa shape index (κ2) is 7.66. The second-order valence-electron chi connectivity index (χ2n) is 6.63. The molecule has 1 aliphatic rings. The summed E-state index contributed by atoms with van der Waals surface area (Å²) in [6, 6.07) is 12.4. The van der Waals surface area contributed by atoms with Crippen molar-refractivity contribution in [2.45, 2.75) is 13.0 Å². The number of amides is 1. The Balaban J connectivity index is 1.71. The third kappa shape index (κ3) is 3.46. The van der Waals surface area contributed by atoms with Crippen LogP contribution in [0.3, 0.4) is 0 Å². The van der Waals surface area contributed by atoms with Crippen molar-refractivity contribution >= 4 is 23.2 Å². The van der Waals surface area contributed by atoms with Crippen LogP contribution in [0.4, 0.5) is 17.3 Å². The molecule has 1 unspecified atom stereocenters. The number of carbonyl (C=O) groups is 1. The Morgan fingerprint density at radius 3 is 2.53 bits per heavy atom. The number of nitro benzene ring substituents is 1. The number of fused-ring (bicyclic) bond motifs is 1. The number of aromatic nitrogens is 3. The predicted octanol–water partition coefficient (Wildman–Crippen LogP) is 3.12. The van der Waals surface area contributed by atoms with Gasteiger partial charge in [0.25, 0.3) is 11.6 Å². The van der Waals surface area contributed by atoms with Gasteiger partial charge in [-0.1, -0.05) is 0 Å². The molecule has 0 spiro atoms. The number of carbonyl (C=O) groups excluding carboxylic acids is 1. The number of anilines is 2. The van der Waals surface area contributed by atoms with Gasteiger partial charge in [0, 0.05) is 23.5 Å². The molecule has 3 aromatic rings. The summed E-state index contributed by atoms with van der Waals surface area (Å²) in [5.41, 5.74) is 2.29. The minimum absolute atomic E-state index is 0.0311. The number of nitro groups is 1. The number of hydrogen-bond acceptors (Lipinski definition) is 7. The predicted molar refractivity (Wildman–Crippen MR) is 109 cm³/mol. The first-order chi connectivity index (χ1) is 14.5. The Bertz CT molecular complexity index is 1130. The molecule has 2 heterocycles. The van der Waals surface area contributed by atoms with Crippen LogP contribution in [0.25, 0.3) is 0 Å². The van der Waals surface area contributed by atoms with E-state index in [1.807, 2.05) is 0 Å². The molecule has 0 radical (unpaired) electrons. The van der Waals surface area contributed by atoms with Gasteiger partial charge in [-0.05, 0) is 48.9 Å². The van der Waals surface area contributed by atoms with Gasteiger partial charge in [-0.2, -0.15) is 10.1 Å². The largest absolute Gasteiger partial charge is 0.497 e. The number of ether oxygens (including phenoxy) is 1. The zero-order chi connectivity index (χ0) is 21.3. The average molecular weight is 406 g/mol. The maximum Gasteiger partial charge on any atom is 0.269 e. The fourth-order valence-corrected chi connectivity index (χ4v) is 3.34. The SMILES string of the molecule is COc1ccc(NC(=O)C2=C(C)Nc3ncnn3C2c2ccc([N+](=O)[O-])cc2)cc1. The van der Waals surface area contributed by atoms with Gasteiger partial charge in [-0.25, -0.2) is 4.68 Å². The van der Waals surface area contributed by atoms with E-state index >= 15 is 0 Å². The molecular weight excluding hydrogens is 388 g/mol. The number of benzene rings is 2. The van der Waals surface area contributed by atoms with Gasteiger partial charge in [0.2, 0.25) is 5.95 Å². The van der Waals surface area contributed by atoms with Gasteiger partial charge < -0.3 is 15.4 Å². The van der Waals surface area contributed by atoms with E-state index in [-0.39, 0.29) is 11.6 Å². The lowest BCUT2D eigenvalue weighted by Gasteiger charge is -2.28. The van der Waals surface area contributed by atoms with Crippen molar-refractivity contribution in [1.82, 2.24) is 14.8 Å². The fourth-order valence-electron chi connectivity index (χ4n) is 3.34. The molecule has 0 aliphatic carbocycles. The number of rotatable bonds is 5. The van der Waals surface area contributed by atoms with E-state index in [1.165, 1.54) is 18.5 Å². The molecule has 152 valence electrons. The third-order valence-corrected chi connectivity index (χ3v) is 4.81. The first-order valence-electron chi connectivity index (χ1n) is 9.05. The summed E-state index contributed by atoms with van der Waals surface area (Å²) in [5.74, 6) is 0.838. The van der Waals surface area contributed by atoms with E-state index in [0.29, 0.717) is 34.2 Å². The lowest BCUT2D eigenvalue weighted by atomic mass is 9.95. The Morgan fingerprint density at radius 1 is 1.20 bits per heavy atom. The first-order valence-corrected chi connectivity index (χ1v) is 9.05. The number of methoxy groups -OCH3 is 1. The summed E-state index contributed by atoms with van der Waals surface area (Å²) in [6.07, 6.45) is 1.39. The Kier molecular flexibility index (Phi) is 4.88. The van der Waals surface area contributed by atoms with Gasteiger partial charge in [0.05, 0.1) is 17.6 Å². The normalized spacial score (nSPS) is 15.2. The van der Waals surface area contributed by atoms with Crippen molar-refractivity contribution in [2.24, 2.45) is 0 Å². The molecular formula is C20H18N6O4. The number of hydrogen-bond donors (Lipinski definition) is 2. The van der Waals surface area contributed by atoms with Gasteiger partial charge in [-0.15, -0.1) is 0 Å². The Hall–Kier alpha value is -4.21. The van der Waals surface area contributed by atoms with Crippen LogP contribution in [-0.2, 0) is 4.79 Å². The van der Waals surface area contributed by atoms with Crippen molar-refractivity contribution in [1.29, 1.82) is 0 Å². The van der Waals surface area contributed by atoms with Crippen molar-refractivity contribution in [2.75, 3.05) is 17.7 Å². The third-order valence-electron chi connectivity index (χ3n) is 4.81. The fraction of sp³-hybridized carbons (Fsp3) is 0.150. The second-order valence-corrected chi connectivity index (χ2v) is 6.63. The highest BCUT2D eigenvalue weighted by Gasteiger charge is 2.33. The van der Waals surface area contributed by atoms with Crippen molar-refractivity contribution in [3.63, 3.8) is 0 Å². The van der Waals surface area contributed by atoms with Gasteiger partial charge in [0.15, 0.2) is 0 Å². The summed E-state index contributed by atoms with van der Waals surface area (Å²) in [5, 5.41) is 21.2. The van der Waals surface area contributed by atoms with Crippen LogP contribution >= 0.6 is 0 Å². The van der Waals surface area contributed by atoms with Crippen LogP contribution in [0, 0.1) is 10.1 Å². The highest BCUT2D eigenvalue weighted by Crippen LogP contribution is 2.35. The maximum atomic E-state index is 13.2. The Morgan fingerprint density at radius 2 is 1.90 bits per heavy atom. The van der Waals surface area contributed by atoms with Crippen molar-refractivity contribution in [3.8, 4) is 5.75 Å². The standard InChI is InChI=1S/C20H18N6O4/c1-12-17(19(27)24-14-5-9-16(30-2)10-6-14)18(25-20(23-12)21-11-22-25)13-3-7-15(8-4-13)26(28)29/h3-11,18H,1-2H3,(H,24,27)(H,21,22,23). The number of non-ortho nitro benzene ring substituents is 1. The lowest BCUT2D eigenvalue weighted by Crippen LogP contribution is -2.31. The molecule has 4 rings (SSSR count). The maximum absolute atomic E-state index is 13.2. The number of allylic oxidation sites excluding steroid dienone is 1. The highest BCUT2D eigenvalue weighted by atomic mass is 16.6. The number of nitrogens with zero attached hydrogens (tertiary/aromatic N) is 4. The molecule has 1 aromatic heterocycles. The van der Waals surface area contributed by atoms with Gasteiger partial charge >= 0.3 is 0 Å². The van der Waals surface area contributed by atoms with E-state index in [4.69, 9.17) is 4.74 Å². The van der Waals surface area contributed by atoms with Crippen molar-refractivity contribution < 1.29 is 14.5 Å². The van der Waals surface area contributed by atoms with E-state index in [1.54, 1.807) is 55.1 Å². The van der Waals surface area contributed by atoms with E-state index in [2.05, 4.69) is 20.7 Å². The molecule has 1 atom stereocenters. The molecule has 2 N–H and O–H groups in total. The van der Waals surface area contributed by atoms with Crippen LogP contribution in [0.5, 0.6) is 5.75 Å². The quantitative estimate of drug-likeness (QED) is 0.493. The average Bonchev–Trinajstić information content (AvgIpc) is 3.21. The monoisotopic (exact) mass is 406 g/mol. The summed E-state index contributed by atoms with van der Waals surface area (Å²) in [4.78, 5) is 27.9. The molecule has 2 aromatic carbocycles. The molecule has 0 bridgehead atoms. The lowest BCUT2D eigenvalue weighted by molar-refractivity contribution is -0.384. The van der Waals surface area contributed by atoms with E-state index < -0.39 is 11.0 Å². The van der Waals surface area contributed by atoms with Gasteiger partial charge in [-0.3, -0.25) is 14.9 Å². The van der Waals surface area contributed by atoms with E-state index in [9.17, 15) is 14.9 Å². The van der Waals surface area contributed by atoms with Crippen LogP contribution < -0.4 is 15.4 Å². The summed E-state index contributed by atoms with van der Waals surface area (Å²) in [7, 11) is 1.57. The van der Waals surface area contributed by atoms with E-state index in [0.717, 1.165) is 0 Å². The minimum atomic E-state index is -0.595. The molecule has 1 amide bonds. The number of nitrogens with one attached hydrogen (secondary N) is 2. The summed E-state index contributed by atoms with van der Waals surface area (Å²) in [6.45, 7) is 1.78. The van der Waals surface area contributed by atoms with Crippen LogP contribution in [0.15, 0.2) is 66.1 Å². The summed E-state index contributed by atoms with van der Waals surface area (Å²) >= 11 is 0. The molecule has 10 nitrogen and oxygen atoms in total. The topological polar surface area (TPSA) is 124 Å². The highest BCUT2D eigenvalue weighted by molar-refractivity contribution is 6.06. The minimum Gasteiger partial charge on any atom is -0.497 e. The zero-order valence-corrected chi connectivity index (χ0v) is 16.2.